The van der Waals surface area contributed by atoms with E-state index < -0.39 is 0 Å². The molecular weight excluding hydrogens is 188 g/mol. The largest absolute Gasteiger partial charge is 0.504 e. The van der Waals surface area contributed by atoms with Gasteiger partial charge in [-0.25, -0.2) is 0 Å². The Morgan fingerprint density at radius 2 is 2.08 bits per heavy atom. The summed E-state index contributed by atoms with van der Waals surface area (Å²) < 4.78 is 0. The first-order valence-electron chi connectivity index (χ1n) is 3.74. The van der Waals surface area contributed by atoms with Crippen LogP contribution in [0.3, 0.4) is 0 Å². The molecule has 0 aromatic carbocycles. The molecule has 0 spiro atoms. The second-order valence-corrected chi connectivity index (χ2v) is 4.17. The number of rotatable bonds is 1. The van der Waals surface area contributed by atoms with Crippen LogP contribution in [0.15, 0.2) is 0 Å². The van der Waals surface area contributed by atoms with Crippen LogP contribution in [-0.4, -0.2) is 30.0 Å². The third-order valence-corrected chi connectivity index (χ3v) is 2.80. The van der Waals surface area contributed by atoms with Crippen molar-refractivity contribution in [2.75, 3.05) is 19.8 Å². The van der Waals surface area contributed by atoms with Crippen LogP contribution in [0.1, 0.15) is 14.5 Å². The normalized spacial score (nSPS) is 10.1. The highest BCUT2D eigenvalue weighted by Gasteiger charge is 2.19. The van der Waals surface area contributed by atoms with Crippen molar-refractivity contribution in [1.82, 2.24) is 4.90 Å². The maximum atomic E-state index is 11.5. The molecule has 0 radical (unpaired) electrons. The van der Waals surface area contributed by atoms with Crippen LogP contribution in [0.4, 0.5) is 5.69 Å². The average molecular weight is 200 g/mol. The number of thiophene rings is 1. The van der Waals surface area contributed by atoms with Crippen molar-refractivity contribution in [2.45, 2.75) is 6.92 Å². The zero-order valence-electron chi connectivity index (χ0n) is 7.79. The molecule has 0 bridgehead atoms. The predicted octanol–water partition coefficient (Wildman–Crippen LogP) is 1.05. The number of aryl methyl sites for hydroxylation is 1. The number of carbonyl (C=O) groups is 1. The predicted molar refractivity (Wildman–Crippen MR) is 53.2 cm³/mol. The number of aromatic hydroxyl groups is 1. The van der Waals surface area contributed by atoms with Crippen LogP contribution in [0.25, 0.3) is 0 Å². The lowest BCUT2D eigenvalue weighted by Crippen LogP contribution is -2.20. The first-order valence-corrected chi connectivity index (χ1v) is 4.56. The zero-order chi connectivity index (χ0) is 10.2. The topological polar surface area (TPSA) is 66.6 Å². The van der Waals surface area contributed by atoms with E-state index in [4.69, 9.17) is 5.73 Å². The van der Waals surface area contributed by atoms with Crippen LogP contribution >= 0.6 is 11.3 Å². The number of nitrogen functional groups attached to an aromatic ring is 1. The van der Waals surface area contributed by atoms with Gasteiger partial charge in [-0.05, 0) is 6.92 Å². The molecule has 0 saturated carbocycles. The second kappa shape index (κ2) is 3.26. The third-order valence-electron chi connectivity index (χ3n) is 1.71. The molecule has 0 aliphatic heterocycles. The number of carbonyl (C=O) groups excluding carboxylic acids is 1. The standard InChI is InChI=1S/C8H12N2O2S/c1-4-5(9)6(11)7(13-4)8(12)10(2)3/h11H,9H2,1-3H3. The van der Waals surface area contributed by atoms with Gasteiger partial charge in [-0.3, -0.25) is 4.79 Å². The van der Waals surface area contributed by atoms with Gasteiger partial charge in [0.25, 0.3) is 5.91 Å². The first-order chi connectivity index (χ1) is 5.95. The molecule has 13 heavy (non-hydrogen) atoms. The summed E-state index contributed by atoms with van der Waals surface area (Å²) in [4.78, 5) is 13.9. The third kappa shape index (κ3) is 1.60. The first kappa shape index (κ1) is 9.85. The van der Waals surface area contributed by atoms with Crippen molar-refractivity contribution < 1.29 is 9.90 Å². The van der Waals surface area contributed by atoms with Crippen LogP contribution in [0, 0.1) is 6.92 Å². The van der Waals surface area contributed by atoms with Gasteiger partial charge in [0.2, 0.25) is 0 Å². The second-order valence-electron chi connectivity index (χ2n) is 2.95. The molecule has 0 aliphatic carbocycles. The van der Waals surface area contributed by atoms with E-state index in [0.717, 1.165) is 4.88 Å². The van der Waals surface area contributed by atoms with E-state index in [2.05, 4.69) is 0 Å². The maximum absolute atomic E-state index is 11.5. The summed E-state index contributed by atoms with van der Waals surface area (Å²) in [5, 5.41) is 9.48. The molecule has 1 heterocycles. The highest BCUT2D eigenvalue weighted by molar-refractivity contribution is 7.15. The zero-order valence-corrected chi connectivity index (χ0v) is 8.60. The van der Waals surface area contributed by atoms with Crippen molar-refractivity contribution in [2.24, 2.45) is 0 Å². The van der Waals surface area contributed by atoms with Gasteiger partial charge in [-0.2, -0.15) is 0 Å². The quantitative estimate of drug-likeness (QED) is 0.712. The monoisotopic (exact) mass is 200 g/mol. The number of amides is 1. The number of hydrogen-bond donors (Lipinski definition) is 2. The molecular formula is C8H12N2O2S. The van der Waals surface area contributed by atoms with Crippen molar-refractivity contribution >= 4 is 22.9 Å². The van der Waals surface area contributed by atoms with Crippen molar-refractivity contribution in [3.05, 3.63) is 9.75 Å². The van der Waals surface area contributed by atoms with Gasteiger partial charge in [-0.1, -0.05) is 0 Å². The molecule has 0 aliphatic rings. The number of anilines is 1. The molecule has 5 heteroatoms. The van der Waals surface area contributed by atoms with Gasteiger partial charge < -0.3 is 15.7 Å². The lowest BCUT2D eigenvalue weighted by atomic mass is 10.3. The van der Waals surface area contributed by atoms with Gasteiger partial charge in [0.05, 0.1) is 5.69 Å². The van der Waals surface area contributed by atoms with E-state index in [1.165, 1.54) is 16.2 Å². The Labute approximate surface area is 80.6 Å². The number of nitrogens with two attached hydrogens (primary N) is 1. The highest BCUT2D eigenvalue weighted by Crippen LogP contribution is 2.36. The SMILES string of the molecule is Cc1sc(C(=O)N(C)C)c(O)c1N. The lowest BCUT2D eigenvalue weighted by molar-refractivity contribution is 0.0829. The van der Waals surface area contributed by atoms with E-state index in [0.29, 0.717) is 10.6 Å². The Kier molecular flexibility index (Phi) is 2.47. The Hall–Kier alpha value is -1.23. The summed E-state index contributed by atoms with van der Waals surface area (Å²) in [6, 6.07) is 0. The van der Waals surface area contributed by atoms with E-state index in [9.17, 15) is 9.90 Å². The molecule has 0 atom stereocenters. The van der Waals surface area contributed by atoms with Crippen LogP contribution < -0.4 is 5.73 Å². The summed E-state index contributed by atoms with van der Waals surface area (Å²) in [6.45, 7) is 1.77. The smallest absolute Gasteiger partial charge is 0.267 e. The molecule has 0 fully saturated rings. The van der Waals surface area contributed by atoms with Gasteiger partial charge in [0.1, 0.15) is 4.88 Å². The van der Waals surface area contributed by atoms with Crippen LogP contribution in [-0.2, 0) is 0 Å². The van der Waals surface area contributed by atoms with Crippen molar-refractivity contribution in [3.8, 4) is 5.75 Å². The molecule has 0 saturated heterocycles. The van der Waals surface area contributed by atoms with Gasteiger partial charge in [-0.15, -0.1) is 11.3 Å². The van der Waals surface area contributed by atoms with E-state index in [1.807, 2.05) is 0 Å². The molecule has 3 N–H and O–H groups in total. The van der Waals surface area contributed by atoms with Gasteiger partial charge >= 0.3 is 0 Å². The van der Waals surface area contributed by atoms with Crippen LogP contribution in [0.2, 0.25) is 0 Å². The van der Waals surface area contributed by atoms with E-state index >= 15 is 0 Å². The lowest BCUT2D eigenvalue weighted by Gasteiger charge is -2.07. The Morgan fingerprint density at radius 3 is 2.38 bits per heavy atom. The van der Waals surface area contributed by atoms with Gasteiger partial charge in [0.15, 0.2) is 5.75 Å². The Balaban J connectivity index is 3.16. The van der Waals surface area contributed by atoms with Crippen molar-refractivity contribution in [3.63, 3.8) is 0 Å². The molecule has 1 rings (SSSR count). The summed E-state index contributed by atoms with van der Waals surface area (Å²) in [7, 11) is 3.26. The van der Waals surface area contributed by atoms with Crippen LogP contribution in [0.5, 0.6) is 5.75 Å². The fourth-order valence-corrected chi connectivity index (χ4v) is 1.88. The van der Waals surface area contributed by atoms with Gasteiger partial charge in [0, 0.05) is 19.0 Å². The molecule has 0 unspecified atom stereocenters. The van der Waals surface area contributed by atoms with E-state index in [1.54, 1.807) is 21.0 Å². The summed E-state index contributed by atoms with van der Waals surface area (Å²) in [5.74, 6) is -0.316. The fraction of sp³-hybridized carbons (Fsp3) is 0.375. The number of hydrogen-bond acceptors (Lipinski definition) is 4. The fourth-order valence-electron chi connectivity index (χ4n) is 0.893. The maximum Gasteiger partial charge on any atom is 0.267 e. The summed E-state index contributed by atoms with van der Waals surface area (Å²) >= 11 is 1.21. The average Bonchev–Trinajstić information content (AvgIpc) is 2.31. The summed E-state index contributed by atoms with van der Waals surface area (Å²) in [6.07, 6.45) is 0. The number of nitrogens with zero attached hydrogens (tertiary/aromatic N) is 1. The Morgan fingerprint density at radius 1 is 1.54 bits per heavy atom. The molecule has 1 aromatic heterocycles. The molecule has 72 valence electrons. The molecule has 4 nitrogen and oxygen atoms in total. The minimum Gasteiger partial charge on any atom is -0.504 e. The van der Waals surface area contributed by atoms with E-state index in [-0.39, 0.29) is 11.7 Å². The molecule has 1 amide bonds. The minimum absolute atomic E-state index is 0.0961. The minimum atomic E-state index is -0.220. The molecule has 1 aromatic rings. The van der Waals surface area contributed by atoms with Crippen molar-refractivity contribution in [1.29, 1.82) is 0 Å². The Bertz CT molecular complexity index is 344. The summed E-state index contributed by atoms with van der Waals surface area (Å²) in [5.41, 5.74) is 5.83. The highest BCUT2D eigenvalue weighted by atomic mass is 32.1.